The zero-order chi connectivity index (χ0) is 12.5. The van der Waals surface area contributed by atoms with Crippen LogP contribution >= 0.6 is 0 Å². The normalized spacial score (nSPS) is 31.6. The number of ether oxygens (including phenoxy) is 1. The number of rotatable bonds is 4. The molecule has 4 atom stereocenters. The molecule has 2 heteroatoms. The van der Waals surface area contributed by atoms with Crippen LogP contribution in [0.15, 0.2) is 24.3 Å². The van der Waals surface area contributed by atoms with Gasteiger partial charge in [0.1, 0.15) is 11.9 Å². The first-order chi connectivity index (χ1) is 8.76. The third-order valence-corrected chi connectivity index (χ3v) is 4.61. The fraction of sp³-hybridized carbons (Fsp3) is 0.625. The molecular formula is C16H22O2. The second kappa shape index (κ2) is 4.93. The summed E-state index contributed by atoms with van der Waals surface area (Å²) in [6.07, 6.45) is 6.22. The highest BCUT2D eigenvalue weighted by molar-refractivity contribution is 5.28. The maximum Gasteiger partial charge on any atom is 0.119 e. The van der Waals surface area contributed by atoms with Gasteiger partial charge in [-0.3, -0.25) is 0 Å². The summed E-state index contributed by atoms with van der Waals surface area (Å²) >= 11 is 0. The van der Waals surface area contributed by atoms with Gasteiger partial charge in [-0.15, -0.1) is 0 Å². The summed E-state index contributed by atoms with van der Waals surface area (Å²) in [5.74, 6) is 2.66. The zero-order valence-corrected chi connectivity index (χ0v) is 11.0. The molecule has 0 aliphatic heterocycles. The van der Waals surface area contributed by atoms with Crippen LogP contribution in [0.5, 0.6) is 5.75 Å². The molecule has 1 aromatic carbocycles. The topological polar surface area (TPSA) is 29.5 Å². The van der Waals surface area contributed by atoms with Gasteiger partial charge in [-0.25, -0.2) is 0 Å². The number of fused-ring (bicyclic) bond motifs is 2. The van der Waals surface area contributed by atoms with E-state index < -0.39 is 0 Å². The van der Waals surface area contributed by atoms with Gasteiger partial charge in [-0.1, -0.05) is 19.1 Å². The van der Waals surface area contributed by atoms with Crippen LogP contribution in [0.1, 0.15) is 50.7 Å². The van der Waals surface area contributed by atoms with Crippen molar-refractivity contribution < 1.29 is 9.84 Å². The van der Waals surface area contributed by atoms with Gasteiger partial charge in [0, 0.05) is 0 Å². The number of aliphatic hydroxyl groups is 1. The molecule has 2 bridgehead atoms. The Hall–Kier alpha value is -1.02. The molecule has 0 saturated heterocycles. The number of aliphatic hydroxyl groups excluding tert-OH is 1. The summed E-state index contributed by atoms with van der Waals surface area (Å²) in [6.45, 7) is 1.99. The molecule has 2 saturated carbocycles. The van der Waals surface area contributed by atoms with Crippen molar-refractivity contribution >= 4 is 0 Å². The third-order valence-electron chi connectivity index (χ3n) is 4.61. The first-order valence-corrected chi connectivity index (χ1v) is 7.21. The van der Waals surface area contributed by atoms with Crippen molar-refractivity contribution in [2.24, 2.45) is 11.8 Å². The Labute approximate surface area is 109 Å². The average molecular weight is 246 g/mol. The van der Waals surface area contributed by atoms with Gasteiger partial charge in [0.15, 0.2) is 0 Å². The Morgan fingerprint density at radius 1 is 1.22 bits per heavy atom. The SMILES string of the molecule is CC[C@H](O)c1ccc(OC2CC3CCC2C3)cc1. The summed E-state index contributed by atoms with van der Waals surface area (Å²) in [6, 6.07) is 7.97. The maximum absolute atomic E-state index is 9.75. The molecule has 2 nitrogen and oxygen atoms in total. The van der Waals surface area contributed by atoms with Crippen LogP contribution in [0.2, 0.25) is 0 Å². The molecular weight excluding hydrogens is 224 g/mol. The molecule has 18 heavy (non-hydrogen) atoms. The quantitative estimate of drug-likeness (QED) is 0.877. The maximum atomic E-state index is 9.75. The highest BCUT2D eigenvalue weighted by Crippen LogP contribution is 2.46. The molecule has 3 rings (SSSR count). The van der Waals surface area contributed by atoms with Crippen molar-refractivity contribution in [1.82, 2.24) is 0 Å². The lowest BCUT2D eigenvalue weighted by molar-refractivity contribution is 0.138. The van der Waals surface area contributed by atoms with Crippen LogP contribution in [-0.4, -0.2) is 11.2 Å². The lowest BCUT2D eigenvalue weighted by Crippen LogP contribution is -2.23. The molecule has 98 valence electrons. The van der Waals surface area contributed by atoms with Gasteiger partial charge in [-0.05, 0) is 61.6 Å². The number of benzene rings is 1. The molecule has 0 heterocycles. The van der Waals surface area contributed by atoms with Crippen LogP contribution in [0.25, 0.3) is 0 Å². The highest BCUT2D eigenvalue weighted by atomic mass is 16.5. The lowest BCUT2D eigenvalue weighted by Gasteiger charge is -2.23. The Balaban J connectivity index is 1.63. The van der Waals surface area contributed by atoms with Crippen molar-refractivity contribution in [3.8, 4) is 5.75 Å². The molecule has 1 N–H and O–H groups in total. The third kappa shape index (κ3) is 2.26. The molecule has 0 aromatic heterocycles. The second-order valence-electron chi connectivity index (χ2n) is 5.82. The van der Waals surface area contributed by atoms with Gasteiger partial charge < -0.3 is 9.84 Å². The minimum Gasteiger partial charge on any atom is -0.490 e. The standard InChI is InChI=1S/C16H22O2/c1-2-15(17)12-5-7-14(8-6-12)18-16-10-11-3-4-13(16)9-11/h5-8,11,13,15-17H,2-4,9-10H2,1H3/t11?,13?,15-,16?/m0/s1. The van der Waals surface area contributed by atoms with Crippen LogP contribution in [0.4, 0.5) is 0 Å². The Kier molecular flexibility index (Phi) is 3.29. The summed E-state index contributed by atoms with van der Waals surface area (Å²) in [7, 11) is 0. The van der Waals surface area contributed by atoms with E-state index in [1.165, 1.54) is 25.7 Å². The minimum atomic E-state index is -0.346. The minimum absolute atomic E-state index is 0.346. The Morgan fingerprint density at radius 2 is 2.00 bits per heavy atom. The highest BCUT2D eigenvalue weighted by Gasteiger charge is 2.40. The Bertz CT molecular complexity index is 398. The monoisotopic (exact) mass is 246 g/mol. The van der Waals surface area contributed by atoms with Crippen molar-refractivity contribution in [3.63, 3.8) is 0 Å². The zero-order valence-electron chi connectivity index (χ0n) is 11.0. The first-order valence-electron chi connectivity index (χ1n) is 7.21. The van der Waals surface area contributed by atoms with Crippen LogP contribution in [0.3, 0.4) is 0 Å². The van der Waals surface area contributed by atoms with Crippen LogP contribution < -0.4 is 4.74 Å². The van der Waals surface area contributed by atoms with Crippen LogP contribution in [-0.2, 0) is 0 Å². The first kappa shape index (κ1) is 12.0. The molecule has 1 aromatic rings. The summed E-state index contributed by atoms with van der Waals surface area (Å²) in [5.41, 5.74) is 0.984. The molecule has 2 fully saturated rings. The van der Waals surface area contributed by atoms with Crippen molar-refractivity contribution in [1.29, 1.82) is 0 Å². The average Bonchev–Trinajstić information content (AvgIpc) is 3.01. The molecule has 0 radical (unpaired) electrons. The van der Waals surface area contributed by atoms with Crippen LogP contribution in [0, 0.1) is 11.8 Å². The van der Waals surface area contributed by atoms with E-state index in [-0.39, 0.29) is 6.10 Å². The predicted octanol–water partition coefficient (Wildman–Crippen LogP) is 3.70. The summed E-state index contributed by atoms with van der Waals surface area (Å²) in [4.78, 5) is 0. The van der Waals surface area contributed by atoms with Gasteiger partial charge in [0.05, 0.1) is 6.10 Å². The van der Waals surface area contributed by atoms with E-state index in [0.717, 1.165) is 29.6 Å². The van der Waals surface area contributed by atoms with E-state index in [9.17, 15) is 5.11 Å². The second-order valence-corrected chi connectivity index (χ2v) is 5.82. The number of hydrogen-bond donors (Lipinski definition) is 1. The summed E-state index contributed by atoms with van der Waals surface area (Å²) in [5, 5.41) is 9.75. The molecule has 0 spiro atoms. The molecule has 2 aliphatic carbocycles. The van der Waals surface area contributed by atoms with E-state index in [4.69, 9.17) is 4.74 Å². The fourth-order valence-electron chi connectivity index (χ4n) is 3.51. The fourth-order valence-corrected chi connectivity index (χ4v) is 3.51. The largest absolute Gasteiger partial charge is 0.490 e. The van der Waals surface area contributed by atoms with Crippen molar-refractivity contribution in [3.05, 3.63) is 29.8 Å². The van der Waals surface area contributed by atoms with E-state index in [0.29, 0.717) is 6.10 Å². The van der Waals surface area contributed by atoms with E-state index in [1.807, 2.05) is 31.2 Å². The molecule has 2 aliphatic rings. The van der Waals surface area contributed by atoms with Gasteiger partial charge in [-0.2, -0.15) is 0 Å². The van der Waals surface area contributed by atoms with Gasteiger partial charge in [0.2, 0.25) is 0 Å². The number of hydrogen-bond acceptors (Lipinski definition) is 2. The van der Waals surface area contributed by atoms with E-state index in [2.05, 4.69) is 0 Å². The smallest absolute Gasteiger partial charge is 0.119 e. The molecule has 3 unspecified atom stereocenters. The van der Waals surface area contributed by atoms with Crippen molar-refractivity contribution in [2.75, 3.05) is 0 Å². The molecule has 0 amide bonds. The van der Waals surface area contributed by atoms with E-state index >= 15 is 0 Å². The van der Waals surface area contributed by atoms with Gasteiger partial charge in [0.25, 0.3) is 0 Å². The summed E-state index contributed by atoms with van der Waals surface area (Å²) < 4.78 is 6.10. The van der Waals surface area contributed by atoms with Gasteiger partial charge >= 0.3 is 0 Å². The predicted molar refractivity (Wildman–Crippen MR) is 71.6 cm³/mol. The van der Waals surface area contributed by atoms with Crippen molar-refractivity contribution in [2.45, 2.75) is 51.2 Å². The lowest BCUT2D eigenvalue weighted by atomic mass is 9.97. The Morgan fingerprint density at radius 3 is 2.56 bits per heavy atom. The van der Waals surface area contributed by atoms with E-state index in [1.54, 1.807) is 0 Å².